The number of hydrogen-bond donors (Lipinski definition) is 1. The molecule has 0 radical (unpaired) electrons. The van der Waals surface area contributed by atoms with Crippen molar-refractivity contribution >= 4 is 5.91 Å². The number of imidazole rings is 1. The summed E-state index contributed by atoms with van der Waals surface area (Å²) in [5.74, 6) is 0.0812. The lowest BCUT2D eigenvalue weighted by Crippen LogP contribution is -2.59. The number of likely N-dealkylation sites (tertiary alicyclic amines) is 1. The van der Waals surface area contributed by atoms with Crippen LogP contribution >= 0.6 is 0 Å². The van der Waals surface area contributed by atoms with Gasteiger partial charge in [-0.2, -0.15) is 0 Å². The van der Waals surface area contributed by atoms with Crippen LogP contribution in [0.25, 0.3) is 0 Å². The van der Waals surface area contributed by atoms with Crippen molar-refractivity contribution < 1.29 is 9.90 Å². The van der Waals surface area contributed by atoms with Crippen LogP contribution in [0, 0.1) is 5.92 Å². The topological polar surface area (TPSA) is 58.4 Å². The second-order valence-electron chi connectivity index (χ2n) is 7.42. The molecular formula is C20H25N3O2. The first-order valence-corrected chi connectivity index (χ1v) is 9.16. The third-order valence-corrected chi connectivity index (χ3v) is 5.94. The highest BCUT2D eigenvalue weighted by molar-refractivity contribution is 5.92. The molecule has 2 heterocycles. The Balaban J connectivity index is 1.65. The Bertz CT molecular complexity index is 757. The maximum atomic E-state index is 13.0. The van der Waals surface area contributed by atoms with E-state index in [0.29, 0.717) is 18.7 Å². The van der Waals surface area contributed by atoms with E-state index in [1.807, 2.05) is 42.3 Å². The number of aliphatic hydroxyl groups is 1. The standard InChI is InChI=1S/C20H25N3O2/c1-22-13-17(21-14-22)19(24)23-12-11-20(25,15-7-3-2-4-8-15)16-9-5-6-10-18(16)23/h2-4,7-8,13-14,16,18,25H,5-6,9-12H2,1H3. The molecule has 1 aromatic carbocycles. The molecule has 5 nitrogen and oxygen atoms in total. The number of benzene rings is 1. The summed E-state index contributed by atoms with van der Waals surface area (Å²) in [6.45, 7) is 0.571. The molecule has 1 saturated heterocycles. The lowest BCUT2D eigenvalue weighted by Gasteiger charge is -2.52. The van der Waals surface area contributed by atoms with E-state index in [9.17, 15) is 9.90 Å². The van der Waals surface area contributed by atoms with Gasteiger partial charge in [-0.1, -0.05) is 43.2 Å². The number of rotatable bonds is 2. The largest absolute Gasteiger partial charge is 0.385 e. The van der Waals surface area contributed by atoms with E-state index in [0.717, 1.165) is 31.2 Å². The number of carbonyl (C=O) groups excluding carboxylic acids is 1. The number of aryl methyl sites for hydroxylation is 1. The number of piperidine rings is 1. The van der Waals surface area contributed by atoms with Crippen LogP contribution in [0.3, 0.4) is 0 Å². The van der Waals surface area contributed by atoms with Crippen molar-refractivity contribution in [1.29, 1.82) is 0 Å². The van der Waals surface area contributed by atoms with Crippen LogP contribution in [-0.2, 0) is 12.6 Å². The van der Waals surface area contributed by atoms with Gasteiger partial charge < -0.3 is 14.6 Å². The van der Waals surface area contributed by atoms with Gasteiger partial charge in [0.15, 0.2) is 0 Å². The zero-order valence-electron chi connectivity index (χ0n) is 14.6. The first-order valence-electron chi connectivity index (χ1n) is 9.16. The fraction of sp³-hybridized carbons (Fsp3) is 0.500. The minimum absolute atomic E-state index is 0.00684. The zero-order chi connectivity index (χ0) is 17.4. The maximum absolute atomic E-state index is 13.0. The highest BCUT2D eigenvalue weighted by Gasteiger charge is 2.50. The first kappa shape index (κ1) is 16.3. The van der Waals surface area contributed by atoms with Crippen molar-refractivity contribution in [3.8, 4) is 0 Å². The van der Waals surface area contributed by atoms with Crippen molar-refractivity contribution in [2.24, 2.45) is 13.0 Å². The molecule has 5 heteroatoms. The molecular weight excluding hydrogens is 314 g/mol. The molecule has 1 aromatic heterocycles. The third kappa shape index (κ3) is 2.76. The Labute approximate surface area is 148 Å². The number of nitrogens with zero attached hydrogens (tertiary/aromatic N) is 3. The van der Waals surface area contributed by atoms with E-state index < -0.39 is 5.60 Å². The molecule has 132 valence electrons. The van der Waals surface area contributed by atoms with Gasteiger partial charge in [0.2, 0.25) is 0 Å². The Morgan fingerprint density at radius 3 is 2.72 bits per heavy atom. The molecule has 0 bridgehead atoms. The van der Waals surface area contributed by atoms with E-state index in [-0.39, 0.29) is 17.9 Å². The van der Waals surface area contributed by atoms with E-state index in [4.69, 9.17) is 0 Å². The van der Waals surface area contributed by atoms with E-state index in [1.54, 1.807) is 17.1 Å². The molecule has 2 fully saturated rings. The number of carbonyl (C=O) groups is 1. The van der Waals surface area contributed by atoms with Gasteiger partial charge in [-0.15, -0.1) is 0 Å². The quantitative estimate of drug-likeness (QED) is 0.915. The van der Waals surface area contributed by atoms with Gasteiger partial charge in [0.05, 0.1) is 11.9 Å². The minimum atomic E-state index is -0.840. The minimum Gasteiger partial charge on any atom is -0.385 e. The predicted molar refractivity (Wildman–Crippen MR) is 94.9 cm³/mol. The first-order chi connectivity index (χ1) is 12.1. The van der Waals surface area contributed by atoms with Crippen molar-refractivity contribution in [1.82, 2.24) is 14.5 Å². The molecule has 2 aromatic rings. The number of fused-ring (bicyclic) bond motifs is 1. The third-order valence-electron chi connectivity index (χ3n) is 5.94. The molecule has 1 amide bonds. The Kier molecular flexibility index (Phi) is 4.12. The molecule has 1 aliphatic carbocycles. The predicted octanol–water partition coefficient (Wildman–Crippen LogP) is 2.71. The van der Waals surface area contributed by atoms with Gasteiger partial charge in [0.1, 0.15) is 5.69 Å². The number of hydrogen-bond acceptors (Lipinski definition) is 3. The lowest BCUT2D eigenvalue weighted by atomic mass is 9.66. The van der Waals surface area contributed by atoms with Crippen LogP contribution < -0.4 is 0 Å². The molecule has 3 atom stereocenters. The Morgan fingerprint density at radius 1 is 1.24 bits per heavy atom. The van der Waals surface area contributed by atoms with Crippen LogP contribution in [0.5, 0.6) is 0 Å². The number of amides is 1. The summed E-state index contributed by atoms with van der Waals surface area (Å²) in [5, 5.41) is 11.6. The zero-order valence-corrected chi connectivity index (χ0v) is 14.6. The lowest BCUT2D eigenvalue weighted by molar-refractivity contribution is -0.110. The van der Waals surface area contributed by atoms with Crippen LogP contribution in [0.15, 0.2) is 42.9 Å². The van der Waals surface area contributed by atoms with Crippen LogP contribution in [-0.4, -0.2) is 38.1 Å². The van der Waals surface area contributed by atoms with Crippen molar-refractivity contribution in [2.75, 3.05) is 6.54 Å². The van der Waals surface area contributed by atoms with Gasteiger partial charge in [0.25, 0.3) is 5.91 Å². The molecule has 1 saturated carbocycles. The molecule has 4 rings (SSSR count). The Hall–Kier alpha value is -2.14. The monoisotopic (exact) mass is 339 g/mol. The van der Waals surface area contributed by atoms with E-state index in [1.165, 1.54) is 0 Å². The number of aromatic nitrogens is 2. The molecule has 3 unspecified atom stereocenters. The van der Waals surface area contributed by atoms with Gasteiger partial charge in [-0.05, 0) is 24.8 Å². The highest BCUT2D eigenvalue weighted by Crippen LogP contribution is 2.47. The average Bonchev–Trinajstić information content (AvgIpc) is 3.09. The molecule has 1 aliphatic heterocycles. The maximum Gasteiger partial charge on any atom is 0.274 e. The van der Waals surface area contributed by atoms with Crippen molar-refractivity contribution in [2.45, 2.75) is 43.7 Å². The fourth-order valence-corrected chi connectivity index (χ4v) is 4.69. The summed E-state index contributed by atoms with van der Waals surface area (Å²) < 4.78 is 1.80. The van der Waals surface area contributed by atoms with Crippen LogP contribution in [0.4, 0.5) is 0 Å². The van der Waals surface area contributed by atoms with E-state index in [2.05, 4.69) is 4.98 Å². The SMILES string of the molecule is Cn1cnc(C(=O)N2CCC(O)(c3ccccc3)C3CCCCC32)c1. The van der Waals surface area contributed by atoms with Crippen LogP contribution in [0.1, 0.15) is 48.2 Å². The van der Waals surface area contributed by atoms with Gasteiger partial charge in [0, 0.05) is 31.7 Å². The highest BCUT2D eigenvalue weighted by atomic mass is 16.3. The summed E-state index contributed by atoms with van der Waals surface area (Å²) in [6.07, 6.45) is 8.16. The summed E-state index contributed by atoms with van der Waals surface area (Å²) in [4.78, 5) is 19.2. The molecule has 1 N–H and O–H groups in total. The fourth-order valence-electron chi connectivity index (χ4n) is 4.69. The molecule has 0 spiro atoms. The second-order valence-corrected chi connectivity index (χ2v) is 7.42. The second kappa shape index (κ2) is 6.30. The van der Waals surface area contributed by atoms with Gasteiger partial charge >= 0.3 is 0 Å². The average molecular weight is 339 g/mol. The Morgan fingerprint density at radius 2 is 2.00 bits per heavy atom. The van der Waals surface area contributed by atoms with Gasteiger partial charge in [-0.25, -0.2) is 4.98 Å². The van der Waals surface area contributed by atoms with Crippen LogP contribution in [0.2, 0.25) is 0 Å². The van der Waals surface area contributed by atoms with E-state index >= 15 is 0 Å². The normalized spacial score (nSPS) is 29.3. The molecule has 2 aliphatic rings. The summed E-state index contributed by atoms with van der Waals surface area (Å²) in [7, 11) is 1.87. The van der Waals surface area contributed by atoms with Gasteiger partial charge in [-0.3, -0.25) is 4.79 Å². The van der Waals surface area contributed by atoms with Crippen molar-refractivity contribution in [3.05, 3.63) is 54.1 Å². The summed E-state index contributed by atoms with van der Waals surface area (Å²) in [5.41, 5.74) is 0.640. The summed E-state index contributed by atoms with van der Waals surface area (Å²) >= 11 is 0. The smallest absolute Gasteiger partial charge is 0.274 e. The molecule has 25 heavy (non-hydrogen) atoms. The summed E-state index contributed by atoms with van der Waals surface area (Å²) in [6, 6.07) is 10.1. The van der Waals surface area contributed by atoms with Crippen molar-refractivity contribution in [3.63, 3.8) is 0 Å².